The van der Waals surface area contributed by atoms with Crippen molar-refractivity contribution in [3.8, 4) is 5.75 Å². The Kier molecular flexibility index (Phi) is 7.44. The summed E-state index contributed by atoms with van der Waals surface area (Å²) in [6.07, 6.45) is 0.0817. The molecule has 0 bridgehead atoms. The first-order valence-electron chi connectivity index (χ1n) is 10.9. The third-order valence-corrected chi connectivity index (χ3v) is 6.99. The van der Waals surface area contributed by atoms with Crippen molar-refractivity contribution in [1.29, 1.82) is 0 Å². The predicted molar refractivity (Wildman–Crippen MR) is 121 cm³/mol. The monoisotopic (exact) mass is 472 g/mol. The number of aliphatic hydroxyl groups excluding tert-OH is 1. The molecule has 1 saturated heterocycles. The second-order valence-corrected chi connectivity index (χ2v) is 9.96. The van der Waals surface area contributed by atoms with Gasteiger partial charge >= 0.3 is 0 Å². The van der Waals surface area contributed by atoms with Crippen molar-refractivity contribution in [2.75, 3.05) is 6.54 Å². The van der Waals surface area contributed by atoms with Crippen molar-refractivity contribution in [3.05, 3.63) is 77.7 Å². The number of ether oxygens (including phenoxy) is 2. The van der Waals surface area contributed by atoms with Crippen LogP contribution in [-0.4, -0.2) is 43.5 Å². The van der Waals surface area contributed by atoms with E-state index in [-0.39, 0.29) is 24.2 Å². The number of para-hydroxylation sites is 1. The molecule has 176 valence electrons. The quantitative estimate of drug-likeness (QED) is 0.492. The van der Waals surface area contributed by atoms with Crippen LogP contribution in [0.3, 0.4) is 0 Å². The van der Waals surface area contributed by atoms with E-state index in [1.54, 1.807) is 24.3 Å². The van der Waals surface area contributed by atoms with Crippen molar-refractivity contribution in [3.63, 3.8) is 0 Å². The number of aromatic nitrogens is 1. The van der Waals surface area contributed by atoms with E-state index in [1.165, 1.54) is 0 Å². The fraction of sp³-hybridized carbons (Fsp3) is 0.375. The Hall–Kier alpha value is -2.72. The molecule has 33 heavy (non-hydrogen) atoms. The zero-order chi connectivity index (χ0) is 23.3. The number of aliphatic hydroxyl groups is 1. The molecule has 8 nitrogen and oxygen atoms in total. The van der Waals surface area contributed by atoms with Gasteiger partial charge in [-0.1, -0.05) is 41.1 Å². The van der Waals surface area contributed by atoms with Crippen molar-refractivity contribution < 1.29 is 27.5 Å². The summed E-state index contributed by atoms with van der Waals surface area (Å²) in [4.78, 5) is 0.183. The molecule has 2 heterocycles. The third-order valence-electron chi connectivity index (χ3n) is 5.56. The molecule has 3 atom stereocenters. The van der Waals surface area contributed by atoms with Gasteiger partial charge in [0.15, 0.2) is 5.76 Å². The second-order valence-electron chi connectivity index (χ2n) is 8.20. The maximum Gasteiger partial charge on any atom is 0.240 e. The van der Waals surface area contributed by atoms with Crippen LogP contribution in [-0.2, 0) is 27.8 Å². The number of rotatable bonds is 9. The predicted octanol–water partition coefficient (Wildman–Crippen LogP) is 2.99. The first-order valence-corrected chi connectivity index (χ1v) is 12.4. The van der Waals surface area contributed by atoms with Crippen molar-refractivity contribution in [1.82, 2.24) is 9.88 Å². The SMILES string of the molecule is Cc1ccc(S(=O)(=O)NC[C@H]2O[C@H](Cc3cc(COc4ccccc4)on3)CC[C@@H]2O)cc1. The van der Waals surface area contributed by atoms with Crippen LogP contribution in [0.4, 0.5) is 0 Å². The van der Waals surface area contributed by atoms with Crippen molar-refractivity contribution in [2.45, 2.75) is 56.0 Å². The number of hydrogen-bond donors (Lipinski definition) is 2. The molecule has 0 amide bonds. The topological polar surface area (TPSA) is 111 Å². The van der Waals surface area contributed by atoms with Gasteiger partial charge in [-0.2, -0.15) is 0 Å². The summed E-state index contributed by atoms with van der Waals surface area (Å²) < 4.78 is 44.7. The summed E-state index contributed by atoms with van der Waals surface area (Å²) in [6, 6.07) is 17.9. The van der Waals surface area contributed by atoms with E-state index in [2.05, 4.69) is 9.88 Å². The lowest BCUT2D eigenvalue weighted by Gasteiger charge is -2.33. The van der Waals surface area contributed by atoms with Crippen molar-refractivity contribution in [2.24, 2.45) is 0 Å². The Morgan fingerprint density at radius 2 is 1.88 bits per heavy atom. The lowest BCUT2D eigenvalue weighted by atomic mass is 9.98. The maximum absolute atomic E-state index is 12.5. The third kappa shape index (κ3) is 6.42. The molecule has 0 saturated carbocycles. The summed E-state index contributed by atoms with van der Waals surface area (Å²) in [7, 11) is -3.68. The van der Waals surface area contributed by atoms with Crippen LogP contribution in [0.2, 0.25) is 0 Å². The smallest absolute Gasteiger partial charge is 0.240 e. The summed E-state index contributed by atoms with van der Waals surface area (Å²) in [5.41, 5.74) is 1.70. The van der Waals surface area contributed by atoms with Crippen LogP contribution in [0.1, 0.15) is 29.9 Å². The fourth-order valence-corrected chi connectivity index (χ4v) is 4.74. The van der Waals surface area contributed by atoms with Gasteiger partial charge in [-0.05, 0) is 44.0 Å². The highest BCUT2D eigenvalue weighted by Gasteiger charge is 2.31. The first-order chi connectivity index (χ1) is 15.9. The molecule has 2 aromatic carbocycles. The van der Waals surface area contributed by atoms with Gasteiger partial charge in [0.25, 0.3) is 0 Å². The molecular formula is C24H28N2O6S. The van der Waals surface area contributed by atoms with Gasteiger partial charge in [-0.3, -0.25) is 0 Å². The summed E-state index contributed by atoms with van der Waals surface area (Å²) in [5, 5.41) is 14.4. The number of nitrogens with zero attached hydrogens (tertiary/aromatic N) is 1. The lowest BCUT2D eigenvalue weighted by Crippen LogP contribution is -2.46. The van der Waals surface area contributed by atoms with E-state index in [0.29, 0.717) is 25.0 Å². The average molecular weight is 473 g/mol. The van der Waals surface area contributed by atoms with Gasteiger partial charge in [0.1, 0.15) is 12.4 Å². The minimum absolute atomic E-state index is 0.0111. The molecule has 0 unspecified atom stereocenters. The van der Waals surface area contributed by atoms with Crippen LogP contribution >= 0.6 is 0 Å². The molecule has 1 aliphatic rings. The second kappa shape index (κ2) is 10.5. The standard InChI is InChI=1S/C24H28N2O6S/c1-17-7-10-22(11-8-17)33(28,29)25-15-24-23(27)12-9-20(31-24)13-18-14-21(32-26-18)16-30-19-5-3-2-4-6-19/h2-8,10-11,14,20,23-25,27H,9,12-13,15-16H2,1H3/t20-,23-,24+/m0/s1. The average Bonchev–Trinajstić information content (AvgIpc) is 3.26. The van der Waals surface area contributed by atoms with Gasteiger partial charge < -0.3 is 19.1 Å². The highest BCUT2D eigenvalue weighted by atomic mass is 32.2. The van der Waals surface area contributed by atoms with E-state index in [0.717, 1.165) is 17.0 Å². The van der Waals surface area contributed by atoms with Crippen LogP contribution in [0.15, 0.2) is 70.1 Å². The molecule has 4 rings (SSSR count). The number of sulfonamides is 1. The normalized spacial score (nSPS) is 21.1. The molecule has 0 spiro atoms. The molecule has 1 fully saturated rings. The largest absolute Gasteiger partial charge is 0.486 e. The molecule has 1 aliphatic heterocycles. The first kappa shape index (κ1) is 23.4. The van der Waals surface area contributed by atoms with Crippen LogP contribution in [0.5, 0.6) is 5.75 Å². The van der Waals surface area contributed by atoms with E-state index < -0.39 is 22.2 Å². The van der Waals surface area contributed by atoms with Crippen LogP contribution < -0.4 is 9.46 Å². The van der Waals surface area contributed by atoms with Gasteiger partial charge in [0.05, 0.1) is 28.9 Å². The number of benzene rings is 2. The zero-order valence-electron chi connectivity index (χ0n) is 18.4. The zero-order valence-corrected chi connectivity index (χ0v) is 19.2. The lowest BCUT2D eigenvalue weighted by molar-refractivity contribution is -0.113. The summed E-state index contributed by atoms with van der Waals surface area (Å²) >= 11 is 0. The van der Waals surface area contributed by atoms with E-state index >= 15 is 0 Å². The molecule has 0 aliphatic carbocycles. The maximum atomic E-state index is 12.5. The highest BCUT2D eigenvalue weighted by Crippen LogP contribution is 2.23. The van der Waals surface area contributed by atoms with Crippen molar-refractivity contribution >= 4 is 10.0 Å². The number of aryl methyl sites for hydroxylation is 1. The molecule has 1 aromatic heterocycles. The fourth-order valence-electron chi connectivity index (χ4n) is 3.70. The summed E-state index contributed by atoms with van der Waals surface area (Å²) in [5.74, 6) is 1.35. The van der Waals surface area contributed by atoms with E-state index in [9.17, 15) is 13.5 Å². The Morgan fingerprint density at radius 1 is 1.12 bits per heavy atom. The Bertz CT molecular complexity index is 1130. The molecule has 2 N–H and O–H groups in total. The van der Waals surface area contributed by atoms with Gasteiger partial charge in [-0.25, -0.2) is 13.1 Å². The van der Waals surface area contributed by atoms with Gasteiger partial charge in [0.2, 0.25) is 10.0 Å². The number of nitrogens with one attached hydrogen (secondary N) is 1. The summed E-state index contributed by atoms with van der Waals surface area (Å²) in [6.45, 7) is 2.15. The molecule has 9 heteroatoms. The van der Waals surface area contributed by atoms with Crippen LogP contribution in [0, 0.1) is 6.92 Å². The highest BCUT2D eigenvalue weighted by molar-refractivity contribution is 7.89. The number of hydrogen-bond acceptors (Lipinski definition) is 7. The van der Waals surface area contributed by atoms with E-state index in [1.807, 2.05) is 43.3 Å². The molecular weight excluding hydrogens is 444 g/mol. The molecule has 3 aromatic rings. The Balaban J connectivity index is 1.29. The minimum Gasteiger partial charge on any atom is -0.486 e. The minimum atomic E-state index is -3.68. The Morgan fingerprint density at radius 3 is 2.64 bits per heavy atom. The van der Waals surface area contributed by atoms with E-state index in [4.69, 9.17) is 14.0 Å². The van der Waals surface area contributed by atoms with Crippen LogP contribution in [0.25, 0.3) is 0 Å². The Labute approximate surface area is 193 Å². The van der Waals surface area contributed by atoms with Gasteiger partial charge in [0, 0.05) is 19.0 Å². The van der Waals surface area contributed by atoms with Gasteiger partial charge in [-0.15, -0.1) is 0 Å². The molecule has 0 radical (unpaired) electrons.